The summed E-state index contributed by atoms with van der Waals surface area (Å²) in [7, 11) is 0. The van der Waals surface area contributed by atoms with E-state index in [2.05, 4.69) is 55.7 Å². The standard InChI is InChI=1S/C26H35N5O3/c1-25(2,3)34-24(33)29-14-13-28-23(32)20-9-12-27-22(17-20)31-16-11-26(19-31)10-15-30(18-26)21-7-5-4-6-8-21/h4-9,12,17H,10-11,13-16,18-19H2,1-3H3,(H,28,32)(H,29,33). The first-order valence-corrected chi connectivity index (χ1v) is 12.0. The van der Waals surface area contributed by atoms with Gasteiger partial charge >= 0.3 is 6.09 Å². The molecule has 3 heterocycles. The fourth-order valence-corrected chi connectivity index (χ4v) is 4.75. The Bertz CT molecular complexity index is 1010. The van der Waals surface area contributed by atoms with E-state index in [4.69, 9.17) is 4.74 Å². The van der Waals surface area contributed by atoms with Gasteiger partial charge in [0.25, 0.3) is 5.91 Å². The number of hydrogen-bond acceptors (Lipinski definition) is 6. The summed E-state index contributed by atoms with van der Waals surface area (Å²) in [4.78, 5) is 33.7. The average Bonchev–Trinajstić information content (AvgIpc) is 3.43. The molecule has 2 aliphatic heterocycles. The van der Waals surface area contributed by atoms with E-state index in [9.17, 15) is 9.59 Å². The molecule has 182 valence electrons. The van der Waals surface area contributed by atoms with Gasteiger partial charge in [0, 0.05) is 62.1 Å². The third-order valence-electron chi connectivity index (χ3n) is 6.41. The summed E-state index contributed by atoms with van der Waals surface area (Å²) < 4.78 is 5.19. The van der Waals surface area contributed by atoms with Gasteiger partial charge in [-0.15, -0.1) is 0 Å². The minimum Gasteiger partial charge on any atom is -0.444 e. The van der Waals surface area contributed by atoms with Crippen LogP contribution in [0.3, 0.4) is 0 Å². The Kier molecular flexibility index (Phi) is 6.95. The molecule has 1 aromatic carbocycles. The maximum atomic E-state index is 12.6. The minimum absolute atomic E-state index is 0.181. The van der Waals surface area contributed by atoms with Gasteiger partial charge in [0.1, 0.15) is 11.4 Å². The second kappa shape index (κ2) is 9.91. The smallest absolute Gasteiger partial charge is 0.407 e. The number of amides is 2. The molecule has 1 unspecified atom stereocenters. The van der Waals surface area contributed by atoms with Crippen molar-refractivity contribution in [2.75, 3.05) is 49.1 Å². The number of carbonyl (C=O) groups is 2. The highest BCUT2D eigenvalue weighted by Crippen LogP contribution is 2.42. The van der Waals surface area contributed by atoms with Crippen LogP contribution in [0.5, 0.6) is 0 Å². The van der Waals surface area contributed by atoms with Crippen molar-refractivity contribution in [1.82, 2.24) is 15.6 Å². The van der Waals surface area contributed by atoms with Gasteiger partial charge in [0.05, 0.1) is 0 Å². The molecule has 2 aromatic rings. The number of carbonyl (C=O) groups excluding carboxylic acids is 2. The molecule has 34 heavy (non-hydrogen) atoms. The van der Waals surface area contributed by atoms with Crippen LogP contribution in [0.25, 0.3) is 0 Å². The normalized spacial score (nSPS) is 20.0. The molecule has 0 aliphatic carbocycles. The summed E-state index contributed by atoms with van der Waals surface area (Å²) in [6, 6.07) is 14.2. The molecule has 2 N–H and O–H groups in total. The molecule has 2 amide bonds. The van der Waals surface area contributed by atoms with Crippen LogP contribution in [0.1, 0.15) is 44.0 Å². The number of anilines is 2. The number of ether oxygens (including phenoxy) is 1. The van der Waals surface area contributed by atoms with Crippen molar-refractivity contribution in [3.05, 3.63) is 54.2 Å². The highest BCUT2D eigenvalue weighted by atomic mass is 16.6. The molecule has 0 saturated carbocycles. The number of pyridine rings is 1. The zero-order chi connectivity index (χ0) is 24.2. The molecular formula is C26H35N5O3. The van der Waals surface area contributed by atoms with Crippen molar-refractivity contribution in [3.63, 3.8) is 0 Å². The molecular weight excluding hydrogens is 430 g/mol. The van der Waals surface area contributed by atoms with Crippen LogP contribution in [-0.4, -0.2) is 61.9 Å². The van der Waals surface area contributed by atoms with Gasteiger partial charge in [0.15, 0.2) is 0 Å². The lowest BCUT2D eigenvalue weighted by Gasteiger charge is -2.26. The van der Waals surface area contributed by atoms with Gasteiger partial charge < -0.3 is 25.2 Å². The topological polar surface area (TPSA) is 86.8 Å². The quantitative estimate of drug-likeness (QED) is 0.636. The van der Waals surface area contributed by atoms with Gasteiger partial charge in [-0.3, -0.25) is 4.79 Å². The lowest BCUT2D eigenvalue weighted by atomic mass is 9.86. The highest BCUT2D eigenvalue weighted by molar-refractivity contribution is 5.94. The number of benzene rings is 1. The second-order valence-corrected chi connectivity index (χ2v) is 10.3. The number of hydrogen-bond donors (Lipinski definition) is 2. The number of aromatic nitrogens is 1. The van der Waals surface area contributed by atoms with Crippen LogP contribution in [0.4, 0.5) is 16.3 Å². The first-order chi connectivity index (χ1) is 16.2. The third-order valence-corrected chi connectivity index (χ3v) is 6.41. The largest absolute Gasteiger partial charge is 0.444 e. The number of nitrogens with zero attached hydrogens (tertiary/aromatic N) is 3. The van der Waals surface area contributed by atoms with Gasteiger partial charge in [-0.25, -0.2) is 9.78 Å². The first-order valence-electron chi connectivity index (χ1n) is 12.0. The maximum Gasteiger partial charge on any atom is 0.407 e. The summed E-state index contributed by atoms with van der Waals surface area (Å²) in [5, 5.41) is 5.49. The molecule has 1 atom stereocenters. The van der Waals surface area contributed by atoms with Crippen molar-refractivity contribution in [2.45, 2.75) is 39.2 Å². The number of nitrogens with one attached hydrogen (secondary N) is 2. The van der Waals surface area contributed by atoms with Gasteiger partial charge in [0.2, 0.25) is 0 Å². The van der Waals surface area contributed by atoms with Crippen LogP contribution in [0.2, 0.25) is 0 Å². The third kappa shape index (κ3) is 5.98. The van der Waals surface area contributed by atoms with Crippen LogP contribution in [-0.2, 0) is 4.74 Å². The van der Waals surface area contributed by atoms with E-state index in [1.165, 1.54) is 12.1 Å². The molecule has 8 nitrogen and oxygen atoms in total. The van der Waals surface area contributed by atoms with E-state index in [0.717, 1.165) is 38.4 Å². The second-order valence-electron chi connectivity index (χ2n) is 10.3. The fraction of sp³-hybridized carbons (Fsp3) is 0.500. The van der Waals surface area contributed by atoms with Crippen LogP contribution in [0.15, 0.2) is 48.7 Å². The van der Waals surface area contributed by atoms with Gasteiger partial charge in [-0.1, -0.05) is 18.2 Å². The Morgan fingerprint density at radius 2 is 1.68 bits per heavy atom. The van der Waals surface area contributed by atoms with Gasteiger partial charge in [-0.2, -0.15) is 0 Å². The molecule has 1 aromatic heterocycles. The molecule has 0 radical (unpaired) electrons. The fourth-order valence-electron chi connectivity index (χ4n) is 4.75. The summed E-state index contributed by atoms with van der Waals surface area (Å²) in [6.07, 6.45) is 3.50. The van der Waals surface area contributed by atoms with E-state index in [1.54, 1.807) is 12.3 Å². The Morgan fingerprint density at radius 3 is 2.41 bits per heavy atom. The highest BCUT2D eigenvalue weighted by Gasteiger charge is 2.43. The van der Waals surface area contributed by atoms with Crippen LogP contribution in [0, 0.1) is 5.41 Å². The van der Waals surface area contributed by atoms with E-state index in [1.807, 2.05) is 26.8 Å². The maximum absolute atomic E-state index is 12.6. The zero-order valence-corrected chi connectivity index (χ0v) is 20.3. The summed E-state index contributed by atoms with van der Waals surface area (Å²) in [5.74, 6) is 0.661. The molecule has 4 rings (SSSR count). The summed E-state index contributed by atoms with van der Waals surface area (Å²) in [5.41, 5.74) is 1.58. The average molecular weight is 466 g/mol. The minimum atomic E-state index is -0.548. The molecule has 2 aliphatic rings. The molecule has 1 spiro atoms. The van der Waals surface area contributed by atoms with Crippen molar-refractivity contribution in [2.24, 2.45) is 5.41 Å². The monoisotopic (exact) mass is 465 g/mol. The number of alkyl carbamates (subject to hydrolysis) is 1. The predicted molar refractivity (Wildman–Crippen MR) is 133 cm³/mol. The number of para-hydroxylation sites is 1. The summed E-state index contributed by atoms with van der Waals surface area (Å²) >= 11 is 0. The van der Waals surface area contributed by atoms with E-state index >= 15 is 0 Å². The van der Waals surface area contributed by atoms with Crippen LogP contribution >= 0.6 is 0 Å². The Hall–Kier alpha value is -3.29. The van der Waals surface area contributed by atoms with Crippen LogP contribution < -0.4 is 20.4 Å². The predicted octanol–water partition coefficient (Wildman–Crippen LogP) is 3.44. The van der Waals surface area contributed by atoms with Crippen molar-refractivity contribution < 1.29 is 14.3 Å². The van der Waals surface area contributed by atoms with Crippen molar-refractivity contribution in [3.8, 4) is 0 Å². The van der Waals surface area contributed by atoms with E-state index < -0.39 is 11.7 Å². The van der Waals surface area contributed by atoms with Crippen molar-refractivity contribution >= 4 is 23.5 Å². The summed E-state index contributed by atoms with van der Waals surface area (Å²) in [6.45, 7) is 10.1. The van der Waals surface area contributed by atoms with E-state index in [0.29, 0.717) is 18.7 Å². The Balaban J connectivity index is 1.28. The SMILES string of the molecule is CC(C)(C)OC(=O)NCCNC(=O)c1ccnc(N2CCC3(CCN(c4ccccc4)C3)C2)c1. The molecule has 2 saturated heterocycles. The van der Waals surface area contributed by atoms with E-state index in [-0.39, 0.29) is 11.3 Å². The van der Waals surface area contributed by atoms with Gasteiger partial charge in [-0.05, 0) is 57.9 Å². The Labute approximate surface area is 201 Å². The first kappa shape index (κ1) is 23.9. The molecule has 0 bridgehead atoms. The zero-order valence-electron chi connectivity index (χ0n) is 20.3. The molecule has 2 fully saturated rings. The van der Waals surface area contributed by atoms with Crippen molar-refractivity contribution in [1.29, 1.82) is 0 Å². The molecule has 8 heteroatoms. The number of rotatable bonds is 6. The lowest BCUT2D eigenvalue weighted by molar-refractivity contribution is 0.0526. The lowest BCUT2D eigenvalue weighted by Crippen LogP contribution is -2.37. The Morgan fingerprint density at radius 1 is 1.00 bits per heavy atom.